The van der Waals surface area contributed by atoms with Crippen molar-refractivity contribution in [1.29, 1.82) is 0 Å². The van der Waals surface area contributed by atoms with Crippen molar-refractivity contribution in [3.8, 4) is 11.5 Å². The summed E-state index contributed by atoms with van der Waals surface area (Å²) in [5, 5.41) is 0. The Kier molecular flexibility index (Phi) is 6.81. The molecule has 0 spiro atoms. The lowest BCUT2D eigenvalue weighted by Gasteiger charge is -2.19. The molecule has 4 heterocycles. The number of methoxy groups -OCH3 is 1. The van der Waals surface area contributed by atoms with Crippen molar-refractivity contribution >= 4 is 5.97 Å². The number of carbonyl (C=O) groups is 1. The van der Waals surface area contributed by atoms with Gasteiger partial charge in [0, 0.05) is 69.1 Å². The first-order valence-corrected chi connectivity index (χ1v) is 12.0. The number of hydrogen-bond acceptors (Lipinski definition) is 7. The van der Waals surface area contributed by atoms with Crippen LogP contribution in [0.3, 0.4) is 0 Å². The summed E-state index contributed by atoms with van der Waals surface area (Å²) in [7, 11) is 1.35. The zero-order valence-electron chi connectivity index (χ0n) is 19.9. The Hall–Kier alpha value is -3.65. The molecule has 0 radical (unpaired) electrons. The van der Waals surface area contributed by atoms with Gasteiger partial charge in [-0.1, -0.05) is 18.2 Å². The minimum atomic E-state index is -0.492. The topological polar surface area (TPSA) is 82.9 Å². The minimum Gasteiger partial charge on any atom is -0.493 e. The molecule has 0 unspecified atom stereocenters. The molecule has 2 aliphatic heterocycles. The fourth-order valence-electron chi connectivity index (χ4n) is 4.80. The summed E-state index contributed by atoms with van der Waals surface area (Å²) in [6, 6.07) is 13.4. The van der Waals surface area contributed by atoms with Gasteiger partial charge in [0.15, 0.2) is 0 Å². The predicted octanol–water partition coefficient (Wildman–Crippen LogP) is 2.64. The van der Waals surface area contributed by atoms with Crippen LogP contribution in [0.4, 0.5) is 0 Å². The average Bonchev–Trinajstić information content (AvgIpc) is 3.24. The smallest absolute Gasteiger partial charge is 0.343 e. The molecule has 3 aromatic rings. The summed E-state index contributed by atoms with van der Waals surface area (Å²) in [6.45, 7) is 3.74. The first-order chi connectivity index (χ1) is 17.1. The number of rotatable bonds is 7. The fraction of sp³-hybridized carbons (Fsp3) is 0.370. The van der Waals surface area contributed by atoms with E-state index in [1.807, 2.05) is 24.3 Å². The lowest BCUT2D eigenvalue weighted by Crippen LogP contribution is -2.29. The van der Waals surface area contributed by atoms with Gasteiger partial charge >= 0.3 is 5.97 Å². The number of ether oxygens (including phenoxy) is 3. The molecule has 35 heavy (non-hydrogen) atoms. The van der Waals surface area contributed by atoms with Crippen LogP contribution in [0.15, 0.2) is 53.5 Å². The van der Waals surface area contributed by atoms with Gasteiger partial charge in [0.1, 0.15) is 17.1 Å². The summed E-state index contributed by atoms with van der Waals surface area (Å²) >= 11 is 0. The number of nitrogens with zero attached hydrogens (tertiary/aromatic N) is 3. The summed E-state index contributed by atoms with van der Waals surface area (Å²) in [6.07, 6.45) is 3.78. The second kappa shape index (κ2) is 10.3. The lowest BCUT2D eigenvalue weighted by atomic mass is 10.1. The maximum absolute atomic E-state index is 13.0. The second-order valence-corrected chi connectivity index (χ2v) is 8.80. The van der Waals surface area contributed by atoms with Crippen molar-refractivity contribution in [3.05, 3.63) is 87.1 Å². The standard InChI is InChI=1S/C27H29N3O5/c1-33-27(32)26-22-7-11-29(18-19-5-6-23-20(16-19)8-14-34-23)12-13-30(22)25(31)17-24(26)35-15-9-21-4-2-3-10-28-21/h2-6,10,16-17H,7-9,11-15,18H2,1H3. The number of pyridine rings is 2. The average molecular weight is 476 g/mol. The summed E-state index contributed by atoms with van der Waals surface area (Å²) in [5.41, 5.74) is 4.19. The van der Waals surface area contributed by atoms with Gasteiger partial charge in [0.25, 0.3) is 5.56 Å². The Bertz CT molecular complexity index is 1270. The molecule has 0 amide bonds. The number of fused-ring (bicyclic) bond motifs is 2. The molecule has 0 aliphatic carbocycles. The highest BCUT2D eigenvalue weighted by Crippen LogP contribution is 2.27. The van der Waals surface area contributed by atoms with E-state index in [0.717, 1.165) is 31.0 Å². The highest BCUT2D eigenvalue weighted by molar-refractivity contribution is 5.93. The van der Waals surface area contributed by atoms with Crippen molar-refractivity contribution < 1.29 is 19.0 Å². The zero-order valence-corrected chi connectivity index (χ0v) is 19.9. The van der Waals surface area contributed by atoms with E-state index in [9.17, 15) is 9.59 Å². The third-order valence-corrected chi connectivity index (χ3v) is 6.58. The Morgan fingerprint density at radius 2 is 2.03 bits per heavy atom. The molecule has 1 aromatic carbocycles. The van der Waals surface area contributed by atoms with Crippen molar-refractivity contribution in [2.45, 2.75) is 32.4 Å². The lowest BCUT2D eigenvalue weighted by molar-refractivity contribution is 0.0593. The Morgan fingerprint density at radius 3 is 2.86 bits per heavy atom. The van der Waals surface area contributed by atoms with E-state index >= 15 is 0 Å². The monoisotopic (exact) mass is 475 g/mol. The molecule has 0 atom stereocenters. The predicted molar refractivity (Wildman–Crippen MR) is 130 cm³/mol. The van der Waals surface area contributed by atoms with Gasteiger partial charge in [-0.05, 0) is 29.3 Å². The number of hydrogen-bond donors (Lipinski definition) is 0. The van der Waals surface area contributed by atoms with Crippen LogP contribution in [0, 0.1) is 0 Å². The van der Waals surface area contributed by atoms with Gasteiger partial charge in [-0.25, -0.2) is 4.79 Å². The minimum absolute atomic E-state index is 0.169. The normalized spacial score (nSPS) is 15.0. The van der Waals surface area contributed by atoms with Crippen LogP contribution in [-0.4, -0.2) is 53.8 Å². The maximum Gasteiger partial charge on any atom is 0.343 e. The van der Waals surface area contributed by atoms with Crippen LogP contribution in [0.25, 0.3) is 0 Å². The quantitative estimate of drug-likeness (QED) is 0.486. The molecule has 0 fully saturated rings. The number of aromatic nitrogens is 2. The molecule has 0 N–H and O–H groups in total. The molecular formula is C27H29N3O5. The van der Waals surface area contributed by atoms with E-state index in [4.69, 9.17) is 14.2 Å². The van der Waals surface area contributed by atoms with Gasteiger partial charge in [-0.2, -0.15) is 0 Å². The largest absolute Gasteiger partial charge is 0.493 e. The van der Waals surface area contributed by atoms with Crippen molar-refractivity contribution in [3.63, 3.8) is 0 Å². The van der Waals surface area contributed by atoms with Crippen LogP contribution in [0.5, 0.6) is 11.5 Å². The highest BCUT2D eigenvalue weighted by Gasteiger charge is 2.26. The van der Waals surface area contributed by atoms with Gasteiger partial charge < -0.3 is 18.8 Å². The molecule has 2 aromatic heterocycles. The van der Waals surface area contributed by atoms with Gasteiger partial charge in [-0.15, -0.1) is 0 Å². The Labute approximate surface area is 204 Å². The van der Waals surface area contributed by atoms with E-state index in [2.05, 4.69) is 22.0 Å². The summed E-state index contributed by atoms with van der Waals surface area (Å²) in [4.78, 5) is 32.4. The summed E-state index contributed by atoms with van der Waals surface area (Å²) in [5.74, 6) is 0.756. The molecule has 182 valence electrons. The molecule has 0 saturated carbocycles. The molecule has 8 nitrogen and oxygen atoms in total. The van der Waals surface area contributed by atoms with E-state index in [1.54, 1.807) is 10.8 Å². The van der Waals surface area contributed by atoms with E-state index in [0.29, 0.717) is 50.3 Å². The van der Waals surface area contributed by atoms with Gasteiger partial charge in [0.2, 0.25) is 0 Å². The molecular weight excluding hydrogens is 446 g/mol. The van der Waals surface area contributed by atoms with E-state index in [1.165, 1.54) is 24.3 Å². The van der Waals surface area contributed by atoms with Crippen LogP contribution < -0.4 is 15.0 Å². The van der Waals surface area contributed by atoms with E-state index in [-0.39, 0.29) is 11.3 Å². The first kappa shape index (κ1) is 23.1. The number of esters is 1. The molecule has 0 bridgehead atoms. The van der Waals surface area contributed by atoms with Gasteiger partial charge in [-0.3, -0.25) is 14.7 Å². The Morgan fingerprint density at radius 1 is 1.11 bits per heavy atom. The number of benzene rings is 1. The van der Waals surface area contributed by atoms with Crippen LogP contribution in [0.1, 0.15) is 32.9 Å². The number of carbonyl (C=O) groups excluding carboxylic acids is 1. The molecule has 0 saturated heterocycles. The fourth-order valence-corrected chi connectivity index (χ4v) is 4.80. The van der Waals surface area contributed by atoms with E-state index < -0.39 is 5.97 Å². The third kappa shape index (κ3) is 5.07. The first-order valence-electron chi connectivity index (χ1n) is 12.0. The van der Waals surface area contributed by atoms with Crippen molar-refractivity contribution in [2.24, 2.45) is 0 Å². The third-order valence-electron chi connectivity index (χ3n) is 6.58. The van der Waals surface area contributed by atoms with Crippen LogP contribution in [0.2, 0.25) is 0 Å². The molecule has 2 aliphatic rings. The Balaban J connectivity index is 1.35. The SMILES string of the molecule is COC(=O)c1c(OCCc2ccccn2)cc(=O)n2c1CCN(Cc1ccc3c(c1)CCO3)CC2. The molecule has 8 heteroatoms. The van der Waals surface area contributed by atoms with Crippen molar-refractivity contribution in [2.75, 3.05) is 33.4 Å². The van der Waals surface area contributed by atoms with Crippen molar-refractivity contribution in [1.82, 2.24) is 14.5 Å². The highest BCUT2D eigenvalue weighted by atomic mass is 16.5. The van der Waals surface area contributed by atoms with Gasteiger partial charge in [0.05, 0.1) is 20.3 Å². The van der Waals surface area contributed by atoms with Crippen LogP contribution in [-0.2, 0) is 37.1 Å². The second-order valence-electron chi connectivity index (χ2n) is 8.80. The molecule has 5 rings (SSSR count). The zero-order chi connectivity index (χ0) is 24.2. The summed E-state index contributed by atoms with van der Waals surface area (Å²) < 4.78 is 18.3. The van der Waals surface area contributed by atoms with Crippen LogP contribution >= 0.6 is 0 Å². The maximum atomic E-state index is 13.0.